The minimum atomic E-state index is 0.287. The van der Waals surface area contributed by atoms with E-state index in [1.165, 1.54) is 0 Å². The van der Waals surface area contributed by atoms with Crippen LogP contribution in [0.4, 0.5) is 0 Å². The van der Waals surface area contributed by atoms with Crippen LogP contribution in [0.2, 0.25) is 0 Å². The van der Waals surface area contributed by atoms with Gasteiger partial charge in [-0.2, -0.15) is 4.98 Å². The molecule has 18 heavy (non-hydrogen) atoms. The fourth-order valence-electron chi connectivity index (χ4n) is 2.30. The Bertz CT molecular complexity index is 336. The van der Waals surface area contributed by atoms with Gasteiger partial charge in [0.05, 0.1) is 5.92 Å². The Morgan fingerprint density at radius 1 is 1.17 bits per heavy atom. The first-order valence-corrected chi connectivity index (χ1v) is 7.15. The van der Waals surface area contributed by atoms with E-state index in [1.54, 1.807) is 0 Å². The summed E-state index contributed by atoms with van der Waals surface area (Å²) in [6.45, 7) is 11.9. The Labute approximate surface area is 111 Å². The summed E-state index contributed by atoms with van der Waals surface area (Å²) < 4.78 is 5.44. The van der Waals surface area contributed by atoms with Gasteiger partial charge in [0, 0.05) is 12.5 Å². The maximum absolute atomic E-state index is 5.44. The van der Waals surface area contributed by atoms with Gasteiger partial charge in [0.2, 0.25) is 5.89 Å². The fourth-order valence-corrected chi connectivity index (χ4v) is 2.30. The van der Waals surface area contributed by atoms with Crippen LogP contribution in [0.15, 0.2) is 4.52 Å². The van der Waals surface area contributed by atoms with Gasteiger partial charge in [0.1, 0.15) is 0 Å². The zero-order valence-corrected chi connectivity index (χ0v) is 12.4. The van der Waals surface area contributed by atoms with Crippen LogP contribution >= 0.6 is 0 Å². The molecule has 0 amide bonds. The summed E-state index contributed by atoms with van der Waals surface area (Å²) >= 11 is 0. The molecule has 1 aromatic rings. The molecule has 0 bridgehead atoms. The maximum Gasteiger partial charge on any atom is 0.231 e. The van der Waals surface area contributed by atoms with Crippen molar-refractivity contribution < 1.29 is 4.52 Å². The van der Waals surface area contributed by atoms with Crippen LogP contribution in [-0.2, 0) is 6.42 Å². The molecule has 1 heterocycles. The highest BCUT2D eigenvalue weighted by molar-refractivity contribution is 5.00. The number of aromatic nitrogens is 2. The smallest absolute Gasteiger partial charge is 0.231 e. The van der Waals surface area contributed by atoms with E-state index in [1.807, 2.05) is 0 Å². The largest absolute Gasteiger partial charge is 0.339 e. The van der Waals surface area contributed by atoms with Crippen molar-refractivity contribution in [3.63, 3.8) is 0 Å². The lowest BCUT2D eigenvalue weighted by Crippen LogP contribution is -2.35. The van der Waals surface area contributed by atoms with E-state index in [9.17, 15) is 0 Å². The highest BCUT2D eigenvalue weighted by atomic mass is 16.5. The van der Waals surface area contributed by atoms with E-state index in [-0.39, 0.29) is 5.92 Å². The van der Waals surface area contributed by atoms with Crippen molar-refractivity contribution in [3.8, 4) is 0 Å². The molecule has 0 aromatic carbocycles. The van der Waals surface area contributed by atoms with Crippen LogP contribution in [0.1, 0.15) is 65.1 Å². The maximum atomic E-state index is 5.44. The van der Waals surface area contributed by atoms with Crippen molar-refractivity contribution in [2.45, 2.75) is 65.8 Å². The third-order valence-corrected chi connectivity index (χ3v) is 3.22. The average molecular weight is 253 g/mol. The minimum absolute atomic E-state index is 0.287. The Hall–Kier alpha value is -0.900. The van der Waals surface area contributed by atoms with E-state index in [4.69, 9.17) is 4.52 Å². The summed E-state index contributed by atoms with van der Waals surface area (Å²) in [6, 6.07) is 0.361. The van der Waals surface area contributed by atoms with Crippen molar-refractivity contribution in [2.24, 2.45) is 5.92 Å². The van der Waals surface area contributed by atoms with Gasteiger partial charge in [0.15, 0.2) is 5.82 Å². The zero-order valence-electron chi connectivity index (χ0n) is 12.4. The standard InChI is InChI=1S/C14H27N3O/c1-6-8-12-16-14(18-17-12)13(10(3)4)11(5)15-9-7-2/h10-11,13,15H,6-9H2,1-5H3. The van der Waals surface area contributed by atoms with Crippen LogP contribution in [-0.4, -0.2) is 22.7 Å². The van der Waals surface area contributed by atoms with Crippen molar-refractivity contribution in [1.82, 2.24) is 15.5 Å². The molecule has 4 heteroatoms. The van der Waals surface area contributed by atoms with Gasteiger partial charge >= 0.3 is 0 Å². The number of rotatable bonds is 8. The lowest BCUT2D eigenvalue weighted by Gasteiger charge is -2.24. The molecular formula is C14H27N3O. The van der Waals surface area contributed by atoms with Gasteiger partial charge < -0.3 is 9.84 Å². The van der Waals surface area contributed by atoms with Crippen molar-refractivity contribution in [3.05, 3.63) is 11.7 Å². The molecule has 0 saturated heterocycles. The molecule has 1 N–H and O–H groups in total. The number of hydrogen-bond donors (Lipinski definition) is 1. The molecular weight excluding hydrogens is 226 g/mol. The van der Waals surface area contributed by atoms with Gasteiger partial charge in [-0.1, -0.05) is 32.9 Å². The molecule has 0 aliphatic rings. The van der Waals surface area contributed by atoms with E-state index in [0.29, 0.717) is 12.0 Å². The van der Waals surface area contributed by atoms with Crippen LogP contribution in [0.25, 0.3) is 0 Å². The van der Waals surface area contributed by atoms with E-state index >= 15 is 0 Å². The second-order valence-corrected chi connectivity index (χ2v) is 5.31. The molecule has 1 aromatic heterocycles. The molecule has 0 fully saturated rings. The summed E-state index contributed by atoms with van der Waals surface area (Å²) in [4.78, 5) is 4.53. The molecule has 0 aliphatic carbocycles. The second kappa shape index (κ2) is 7.52. The summed E-state index contributed by atoms with van der Waals surface area (Å²) in [5.74, 6) is 2.39. The monoisotopic (exact) mass is 253 g/mol. The fraction of sp³-hybridized carbons (Fsp3) is 0.857. The second-order valence-electron chi connectivity index (χ2n) is 5.31. The molecule has 1 rings (SSSR count). The summed E-state index contributed by atoms with van der Waals surface area (Å²) in [5.41, 5.74) is 0. The topological polar surface area (TPSA) is 51.0 Å². The Morgan fingerprint density at radius 3 is 2.44 bits per heavy atom. The first-order valence-electron chi connectivity index (χ1n) is 7.15. The van der Waals surface area contributed by atoms with Gasteiger partial charge in [0.25, 0.3) is 0 Å². The molecule has 0 saturated carbocycles. The SMILES string of the molecule is CCCNC(C)C(c1nc(CCC)no1)C(C)C. The highest BCUT2D eigenvalue weighted by Gasteiger charge is 2.27. The lowest BCUT2D eigenvalue weighted by atomic mass is 9.89. The van der Waals surface area contributed by atoms with Gasteiger partial charge in [-0.05, 0) is 32.2 Å². The summed E-state index contributed by atoms with van der Waals surface area (Å²) in [6.07, 6.45) is 3.08. The number of nitrogens with zero attached hydrogens (tertiary/aromatic N) is 2. The molecule has 4 nitrogen and oxygen atoms in total. The van der Waals surface area contributed by atoms with Crippen LogP contribution < -0.4 is 5.32 Å². The van der Waals surface area contributed by atoms with Crippen LogP contribution in [0.5, 0.6) is 0 Å². The van der Waals surface area contributed by atoms with E-state index in [0.717, 1.165) is 37.5 Å². The summed E-state index contributed by atoms with van der Waals surface area (Å²) in [5, 5.41) is 7.58. The Balaban J connectivity index is 2.76. The Morgan fingerprint density at radius 2 is 1.89 bits per heavy atom. The third-order valence-electron chi connectivity index (χ3n) is 3.22. The van der Waals surface area contributed by atoms with Gasteiger partial charge in [-0.25, -0.2) is 0 Å². The molecule has 0 radical (unpaired) electrons. The van der Waals surface area contributed by atoms with Crippen LogP contribution in [0, 0.1) is 5.92 Å². The Kier molecular flexibility index (Phi) is 6.33. The highest BCUT2D eigenvalue weighted by Crippen LogP contribution is 2.26. The molecule has 0 aliphatic heterocycles. The van der Waals surface area contributed by atoms with Gasteiger partial charge in [-0.3, -0.25) is 0 Å². The van der Waals surface area contributed by atoms with Crippen molar-refractivity contribution >= 4 is 0 Å². The lowest BCUT2D eigenvalue weighted by molar-refractivity contribution is 0.279. The summed E-state index contributed by atoms with van der Waals surface area (Å²) in [7, 11) is 0. The van der Waals surface area contributed by atoms with E-state index < -0.39 is 0 Å². The number of nitrogens with one attached hydrogen (secondary N) is 1. The minimum Gasteiger partial charge on any atom is -0.339 e. The normalized spacial score (nSPS) is 15.0. The van der Waals surface area contributed by atoms with Crippen LogP contribution in [0.3, 0.4) is 0 Å². The van der Waals surface area contributed by atoms with Crippen molar-refractivity contribution in [2.75, 3.05) is 6.54 Å². The first-order chi connectivity index (χ1) is 8.60. The first kappa shape index (κ1) is 15.2. The zero-order chi connectivity index (χ0) is 13.5. The predicted molar refractivity (Wildman–Crippen MR) is 73.6 cm³/mol. The van der Waals surface area contributed by atoms with Crippen molar-refractivity contribution in [1.29, 1.82) is 0 Å². The molecule has 0 spiro atoms. The number of aryl methyl sites for hydroxylation is 1. The third kappa shape index (κ3) is 4.09. The van der Waals surface area contributed by atoms with Gasteiger partial charge in [-0.15, -0.1) is 0 Å². The average Bonchev–Trinajstić information content (AvgIpc) is 2.75. The molecule has 2 atom stereocenters. The quantitative estimate of drug-likeness (QED) is 0.773. The molecule has 104 valence electrons. The predicted octanol–water partition coefficient (Wildman–Crippen LogP) is 3.15. The van der Waals surface area contributed by atoms with E-state index in [2.05, 4.69) is 50.1 Å². The number of hydrogen-bond acceptors (Lipinski definition) is 4. The molecule has 2 unspecified atom stereocenters.